The van der Waals surface area contributed by atoms with Gasteiger partial charge in [0.15, 0.2) is 0 Å². The molecule has 0 radical (unpaired) electrons. The summed E-state index contributed by atoms with van der Waals surface area (Å²) in [6, 6.07) is 7.79. The Balaban J connectivity index is 1.60. The van der Waals surface area contributed by atoms with E-state index in [4.69, 9.17) is 9.47 Å². The van der Waals surface area contributed by atoms with E-state index in [9.17, 15) is 9.59 Å². The van der Waals surface area contributed by atoms with E-state index in [2.05, 4.69) is 15.3 Å². The van der Waals surface area contributed by atoms with Crippen molar-refractivity contribution in [3.8, 4) is 0 Å². The van der Waals surface area contributed by atoms with E-state index in [-0.39, 0.29) is 5.92 Å². The number of hydrogen-bond donors (Lipinski definition) is 1. The molecule has 35 heavy (non-hydrogen) atoms. The van der Waals surface area contributed by atoms with Gasteiger partial charge in [-0.2, -0.15) is 0 Å². The molecule has 2 aromatic rings. The van der Waals surface area contributed by atoms with Crippen LogP contribution >= 0.6 is 0 Å². The van der Waals surface area contributed by atoms with Gasteiger partial charge >= 0.3 is 11.9 Å². The summed E-state index contributed by atoms with van der Waals surface area (Å²) in [5, 5.41) is 3.20. The lowest BCUT2D eigenvalue weighted by Crippen LogP contribution is -2.36. The van der Waals surface area contributed by atoms with Crippen LogP contribution in [0.15, 0.2) is 71.6 Å². The second-order valence-electron chi connectivity index (χ2n) is 9.13. The van der Waals surface area contributed by atoms with Gasteiger partial charge in [0, 0.05) is 42.1 Å². The number of nitrogens with zero attached hydrogens (tertiary/aromatic N) is 2. The van der Waals surface area contributed by atoms with Gasteiger partial charge in [0.25, 0.3) is 0 Å². The van der Waals surface area contributed by atoms with Gasteiger partial charge in [0.1, 0.15) is 0 Å². The van der Waals surface area contributed by atoms with Crippen molar-refractivity contribution < 1.29 is 19.1 Å². The molecule has 2 aromatic heterocycles. The van der Waals surface area contributed by atoms with Gasteiger partial charge in [-0.3, -0.25) is 9.97 Å². The first kappa shape index (κ1) is 26.1. The maximum atomic E-state index is 13.1. The average molecular weight is 478 g/mol. The summed E-state index contributed by atoms with van der Waals surface area (Å²) in [7, 11) is 0. The Hall–Kier alpha value is -3.48. The highest BCUT2D eigenvalue weighted by molar-refractivity contribution is 5.97. The minimum atomic E-state index is -0.395. The van der Waals surface area contributed by atoms with Crippen molar-refractivity contribution in [1.82, 2.24) is 15.3 Å². The largest absolute Gasteiger partial charge is 0.462 e. The summed E-state index contributed by atoms with van der Waals surface area (Å²) in [6.07, 6.45) is 10.1. The third-order valence-corrected chi connectivity index (χ3v) is 6.04. The van der Waals surface area contributed by atoms with Crippen LogP contribution in [0.4, 0.5) is 0 Å². The topological polar surface area (TPSA) is 90.4 Å². The monoisotopic (exact) mass is 477 g/mol. The van der Waals surface area contributed by atoms with Crippen molar-refractivity contribution in [1.29, 1.82) is 0 Å². The number of esters is 2. The van der Waals surface area contributed by atoms with E-state index in [1.54, 1.807) is 12.4 Å². The number of aromatic nitrogens is 2. The summed E-state index contributed by atoms with van der Waals surface area (Å²) in [5.74, 6) is -1.17. The molecule has 3 heterocycles. The second kappa shape index (κ2) is 12.8. The average Bonchev–Trinajstić information content (AvgIpc) is 2.85. The zero-order valence-electron chi connectivity index (χ0n) is 21.0. The molecule has 0 saturated heterocycles. The van der Waals surface area contributed by atoms with Crippen LogP contribution in [-0.4, -0.2) is 35.1 Å². The van der Waals surface area contributed by atoms with Crippen LogP contribution in [-0.2, 0) is 31.9 Å². The summed E-state index contributed by atoms with van der Waals surface area (Å²) < 4.78 is 11.3. The van der Waals surface area contributed by atoms with Crippen LogP contribution in [0.25, 0.3) is 0 Å². The van der Waals surface area contributed by atoms with Crippen LogP contribution in [0.1, 0.15) is 51.7 Å². The van der Waals surface area contributed by atoms with E-state index in [0.717, 1.165) is 24.0 Å². The third kappa shape index (κ3) is 7.25. The van der Waals surface area contributed by atoms with Crippen molar-refractivity contribution in [3.63, 3.8) is 0 Å². The van der Waals surface area contributed by atoms with E-state index in [0.29, 0.717) is 48.6 Å². The smallest absolute Gasteiger partial charge is 0.336 e. The highest BCUT2D eigenvalue weighted by Gasteiger charge is 2.38. The van der Waals surface area contributed by atoms with Crippen molar-refractivity contribution in [2.75, 3.05) is 13.2 Å². The molecule has 186 valence electrons. The molecular weight excluding hydrogens is 442 g/mol. The fourth-order valence-corrected chi connectivity index (χ4v) is 4.38. The number of ether oxygens (including phenoxy) is 2. The van der Waals surface area contributed by atoms with Gasteiger partial charge in [0.2, 0.25) is 0 Å². The van der Waals surface area contributed by atoms with E-state index in [1.807, 2.05) is 64.4 Å². The second-order valence-corrected chi connectivity index (χ2v) is 9.13. The zero-order valence-corrected chi connectivity index (χ0v) is 21.0. The third-order valence-electron chi connectivity index (χ3n) is 6.04. The van der Waals surface area contributed by atoms with E-state index >= 15 is 0 Å². The Labute approximate surface area is 207 Å². The lowest BCUT2D eigenvalue weighted by atomic mass is 9.78. The minimum Gasteiger partial charge on any atom is -0.462 e. The van der Waals surface area contributed by atoms with Gasteiger partial charge in [-0.15, -0.1) is 0 Å². The molecule has 0 spiro atoms. The molecule has 7 nitrogen and oxygen atoms in total. The molecule has 0 bridgehead atoms. The van der Waals surface area contributed by atoms with Gasteiger partial charge < -0.3 is 14.8 Å². The highest BCUT2D eigenvalue weighted by atomic mass is 16.5. The molecule has 1 N–H and O–H groups in total. The molecule has 0 saturated carbocycles. The van der Waals surface area contributed by atoms with Gasteiger partial charge in [-0.05, 0) is 68.7 Å². The quantitative estimate of drug-likeness (QED) is 0.375. The molecule has 1 aliphatic heterocycles. The van der Waals surface area contributed by atoms with Gasteiger partial charge in [0.05, 0.1) is 24.4 Å². The fraction of sp³-hybridized carbons (Fsp3) is 0.429. The van der Waals surface area contributed by atoms with Crippen LogP contribution in [0, 0.1) is 11.8 Å². The molecule has 0 fully saturated rings. The number of aryl methyl sites for hydroxylation is 2. The number of nitrogens with one attached hydrogen (secondary N) is 1. The Bertz CT molecular complexity index is 981. The molecule has 0 atom stereocenters. The first-order chi connectivity index (χ1) is 16.9. The maximum absolute atomic E-state index is 13.1. The lowest BCUT2D eigenvalue weighted by molar-refractivity contribution is -0.141. The van der Waals surface area contributed by atoms with Crippen LogP contribution in [0.5, 0.6) is 0 Å². The van der Waals surface area contributed by atoms with Gasteiger partial charge in [-0.1, -0.05) is 26.0 Å². The summed E-state index contributed by atoms with van der Waals surface area (Å²) in [4.78, 5) is 34.4. The standard InChI is InChI=1S/C28H35N3O4/c1-19(2)24-25(27(32)34-15-7-11-22-9-5-13-29-17-22)20(3)31-21(4)26(24)28(33)35-16-8-12-23-10-6-14-30-18-23/h5-6,9-10,13-14,17-19,24,31H,7-8,11-12,15-16H2,1-4H3. The number of carbonyl (C=O) groups excluding carboxylic acids is 2. The Morgan fingerprint density at radius 3 is 1.69 bits per heavy atom. The molecule has 0 unspecified atom stereocenters. The normalized spacial score (nSPS) is 14.2. The number of rotatable bonds is 11. The SMILES string of the molecule is CC1=C(C(=O)OCCCc2cccnc2)C(C(C)C)C(C(=O)OCCCc2cccnc2)=C(C)N1. The molecule has 0 aromatic carbocycles. The molecular formula is C28H35N3O4. The number of hydrogen-bond acceptors (Lipinski definition) is 7. The van der Waals surface area contributed by atoms with Crippen LogP contribution < -0.4 is 5.32 Å². The fourth-order valence-electron chi connectivity index (χ4n) is 4.38. The highest BCUT2D eigenvalue weighted by Crippen LogP contribution is 2.36. The van der Waals surface area contributed by atoms with E-state index in [1.165, 1.54) is 0 Å². The van der Waals surface area contributed by atoms with Crippen molar-refractivity contribution in [2.45, 2.75) is 53.4 Å². The molecule has 1 aliphatic rings. The minimum absolute atomic E-state index is 0.0119. The molecule has 3 rings (SSSR count). The van der Waals surface area contributed by atoms with Crippen LogP contribution in [0.2, 0.25) is 0 Å². The summed E-state index contributed by atoms with van der Waals surface area (Å²) in [6.45, 7) is 8.30. The molecule has 7 heteroatoms. The Kier molecular flexibility index (Phi) is 9.58. The predicted molar refractivity (Wildman–Crippen MR) is 134 cm³/mol. The Morgan fingerprint density at radius 2 is 1.31 bits per heavy atom. The van der Waals surface area contributed by atoms with Crippen molar-refractivity contribution >= 4 is 11.9 Å². The predicted octanol–water partition coefficient (Wildman–Crippen LogP) is 4.55. The summed E-state index contributed by atoms with van der Waals surface area (Å²) in [5.41, 5.74) is 4.62. The summed E-state index contributed by atoms with van der Waals surface area (Å²) >= 11 is 0. The first-order valence-corrected chi connectivity index (χ1v) is 12.2. The molecule has 0 amide bonds. The number of allylic oxidation sites excluding steroid dienone is 2. The first-order valence-electron chi connectivity index (χ1n) is 12.2. The van der Waals surface area contributed by atoms with Crippen molar-refractivity contribution in [2.24, 2.45) is 11.8 Å². The van der Waals surface area contributed by atoms with Crippen LogP contribution in [0.3, 0.4) is 0 Å². The van der Waals surface area contributed by atoms with Gasteiger partial charge in [-0.25, -0.2) is 9.59 Å². The number of carbonyl (C=O) groups is 2. The lowest BCUT2D eigenvalue weighted by Gasteiger charge is -2.32. The number of dihydropyridines is 1. The maximum Gasteiger partial charge on any atom is 0.336 e. The Morgan fingerprint density at radius 1 is 0.857 bits per heavy atom. The van der Waals surface area contributed by atoms with E-state index < -0.39 is 17.9 Å². The van der Waals surface area contributed by atoms with Crippen molar-refractivity contribution in [3.05, 3.63) is 82.7 Å². The molecule has 0 aliphatic carbocycles. The zero-order chi connectivity index (χ0) is 25.2. The number of pyridine rings is 2.